The number of carbonyl (C=O) groups is 2. The van der Waals surface area contributed by atoms with Crippen molar-refractivity contribution in [3.05, 3.63) is 77.5 Å². The van der Waals surface area contributed by atoms with Crippen molar-refractivity contribution < 1.29 is 14.0 Å². The van der Waals surface area contributed by atoms with Crippen LogP contribution in [0.1, 0.15) is 25.5 Å². The van der Waals surface area contributed by atoms with Gasteiger partial charge < -0.3 is 19.5 Å². The van der Waals surface area contributed by atoms with Crippen molar-refractivity contribution in [2.45, 2.75) is 19.8 Å². The zero-order valence-corrected chi connectivity index (χ0v) is 19.9. The Kier molecular flexibility index (Phi) is 7.70. The number of carbonyl (C=O) groups excluding carboxylic acids is 2. The van der Waals surface area contributed by atoms with E-state index in [2.05, 4.69) is 10.2 Å². The SMILES string of the molecule is CCCC(=O)N1CCN(c2ccc(NC(=O)C=Cc3ccc(-c4ccccc4)o3)cc2Cl)CC1. The molecule has 1 aliphatic heterocycles. The van der Waals surface area contributed by atoms with E-state index in [9.17, 15) is 9.59 Å². The van der Waals surface area contributed by atoms with Crippen molar-refractivity contribution in [2.24, 2.45) is 0 Å². The van der Waals surface area contributed by atoms with E-state index < -0.39 is 0 Å². The average Bonchev–Trinajstić information content (AvgIpc) is 3.33. The molecule has 34 heavy (non-hydrogen) atoms. The summed E-state index contributed by atoms with van der Waals surface area (Å²) >= 11 is 6.52. The van der Waals surface area contributed by atoms with Crippen molar-refractivity contribution in [1.82, 2.24) is 4.90 Å². The number of furan rings is 1. The number of rotatable bonds is 7. The van der Waals surface area contributed by atoms with Gasteiger partial charge in [-0.05, 0) is 42.8 Å². The number of halogens is 1. The van der Waals surface area contributed by atoms with Crippen LogP contribution in [0.25, 0.3) is 17.4 Å². The standard InChI is InChI=1S/C27H28ClN3O3/c1-2-6-27(33)31-17-15-30(16-18-31)24-12-9-21(19-23(24)28)29-26(32)14-11-22-10-13-25(34-22)20-7-4-3-5-8-20/h3-5,7-14,19H,2,6,15-18H2,1H3,(H,29,32). The minimum Gasteiger partial charge on any atom is -0.457 e. The highest BCUT2D eigenvalue weighted by atomic mass is 35.5. The van der Waals surface area contributed by atoms with Crippen molar-refractivity contribution in [3.8, 4) is 11.3 Å². The van der Waals surface area contributed by atoms with Gasteiger partial charge in [0.1, 0.15) is 11.5 Å². The lowest BCUT2D eigenvalue weighted by molar-refractivity contribution is -0.131. The van der Waals surface area contributed by atoms with Crippen LogP contribution >= 0.6 is 11.6 Å². The Morgan fingerprint density at radius 2 is 1.79 bits per heavy atom. The maximum absolute atomic E-state index is 12.4. The maximum atomic E-state index is 12.4. The summed E-state index contributed by atoms with van der Waals surface area (Å²) in [4.78, 5) is 28.6. The van der Waals surface area contributed by atoms with Crippen LogP contribution in [0, 0.1) is 0 Å². The normalized spacial score (nSPS) is 13.9. The first-order valence-corrected chi connectivity index (χ1v) is 11.9. The highest BCUT2D eigenvalue weighted by Gasteiger charge is 2.22. The molecule has 7 heteroatoms. The van der Waals surface area contributed by atoms with Gasteiger partial charge in [-0.15, -0.1) is 0 Å². The van der Waals surface area contributed by atoms with Crippen LogP contribution in [0.5, 0.6) is 0 Å². The quantitative estimate of drug-likeness (QED) is 0.443. The van der Waals surface area contributed by atoms with Gasteiger partial charge in [0, 0.05) is 49.9 Å². The minimum atomic E-state index is -0.274. The third-order valence-electron chi connectivity index (χ3n) is 5.74. The monoisotopic (exact) mass is 477 g/mol. The number of piperazine rings is 1. The zero-order chi connectivity index (χ0) is 23.9. The first kappa shape index (κ1) is 23.6. The molecule has 0 bridgehead atoms. The predicted molar refractivity (Wildman–Crippen MR) is 137 cm³/mol. The second-order valence-electron chi connectivity index (χ2n) is 8.17. The fourth-order valence-corrected chi connectivity index (χ4v) is 4.25. The van der Waals surface area contributed by atoms with E-state index in [-0.39, 0.29) is 11.8 Å². The summed E-state index contributed by atoms with van der Waals surface area (Å²) in [5.74, 6) is 1.28. The fraction of sp³-hybridized carbons (Fsp3) is 0.259. The molecule has 2 heterocycles. The van der Waals surface area contributed by atoms with Crippen molar-refractivity contribution in [1.29, 1.82) is 0 Å². The predicted octanol–water partition coefficient (Wildman–Crippen LogP) is 5.70. The molecule has 4 rings (SSSR count). The van der Waals surface area contributed by atoms with Crippen LogP contribution in [-0.2, 0) is 9.59 Å². The lowest BCUT2D eigenvalue weighted by Gasteiger charge is -2.36. The summed E-state index contributed by atoms with van der Waals surface area (Å²) in [6.45, 7) is 4.87. The molecule has 0 saturated carbocycles. The van der Waals surface area contributed by atoms with E-state index in [4.69, 9.17) is 16.0 Å². The third-order valence-corrected chi connectivity index (χ3v) is 6.04. The van der Waals surface area contributed by atoms with Gasteiger partial charge >= 0.3 is 0 Å². The van der Waals surface area contributed by atoms with Crippen molar-refractivity contribution >= 4 is 40.9 Å². The summed E-state index contributed by atoms with van der Waals surface area (Å²) in [6, 6.07) is 19.0. The molecule has 176 valence electrons. The molecule has 2 aromatic carbocycles. The van der Waals surface area contributed by atoms with Gasteiger partial charge in [-0.25, -0.2) is 0 Å². The number of anilines is 2. The molecule has 1 N–H and O–H groups in total. The smallest absolute Gasteiger partial charge is 0.248 e. The number of hydrogen-bond donors (Lipinski definition) is 1. The molecule has 6 nitrogen and oxygen atoms in total. The van der Waals surface area contributed by atoms with E-state index in [1.54, 1.807) is 12.1 Å². The lowest BCUT2D eigenvalue weighted by atomic mass is 10.2. The topological polar surface area (TPSA) is 65.8 Å². The average molecular weight is 478 g/mol. The number of amides is 2. The zero-order valence-electron chi connectivity index (χ0n) is 19.2. The Bertz CT molecular complexity index is 1160. The van der Waals surface area contributed by atoms with E-state index in [1.807, 2.05) is 66.4 Å². The number of nitrogens with one attached hydrogen (secondary N) is 1. The van der Waals surface area contributed by atoms with E-state index in [0.29, 0.717) is 36.0 Å². The molecule has 1 saturated heterocycles. The van der Waals surface area contributed by atoms with E-state index in [0.717, 1.165) is 36.5 Å². The van der Waals surface area contributed by atoms with Gasteiger partial charge in [0.25, 0.3) is 0 Å². The summed E-state index contributed by atoms with van der Waals surface area (Å²) in [5, 5.41) is 3.40. The Hall–Kier alpha value is -3.51. The van der Waals surface area contributed by atoms with Gasteiger partial charge in [0.05, 0.1) is 10.7 Å². The number of benzene rings is 2. The van der Waals surface area contributed by atoms with Crippen LogP contribution < -0.4 is 10.2 Å². The summed E-state index contributed by atoms with van der Waals surface area (Å²) in [6.07, 6.45) is 4.53. The molecule has 0 aliphatic carbocycles. The molecule has 1 aliphatic rings. The fourth-order valence-electron chi connectivity index (χ4n) is 3.95. The third kappa shape index (κ3) is 5.88. The maximum Gasteiger partial charge on any atom is 0.248 e. The molecule has 0 spiro atoms. The van der Waals surface area contributed by atoms with Crippen molar-refractivity contribution in [2.75, 3.05) is 36.4 Å². The minimum absolute atomic E-state index is 0.213. The second kappa shape index (κ2) is 11.1. The largest absolute Gasteiger partial charge is 0.457 e. The molecule has 0 radical (unpaired) electrons. The van der Waals surface area contributed by atoms with Gasteiger partial charge in [0.2, 0.25) is 11.8 Å². The molecule has 0 unspecified atom stereocenters. The Balaban J connectivity index is 1.32. The van der Waals surface area contributed by atoms with Gasteiger partial charge in [-0.1, -0.05) is 48.9 Å². The van der Waals surface area contributed by atoms with Crippen molar-refractivity contribution in [3.63, 3.8) is 0 Å². The molecule has 1 fully saturated rings. The molecular weight excluding hydrogens is 450 g/mol. The first-order valence-electron chi connectivity index (χ1n) is 11.5. The Morgan fingerprint density at radius 3 is 2.50 bits per heavy atom. The van der Waals surface area contributed by atoms with Gasteiger partial charge in [-0.3, -0.25) is 9.59 Å². The Labute approximate surface area is 204 Å². The first-order chi connectivity index (χ1) is 16.5. The second-order valence-corrected chi connectivity index (χ2v) is 8.58. The molecule has 0 atom stereocenters. The lowest BCUT2D eigenvalue weighted by Crippen LogP contribution is -2.48. The summed E-state index contributed by atoms with van der Waals surface area (Å²) in [5.41, 5.74) is 2.50. The van der Waals surface area contributed by atoms with Crippen LogP contribution in [0.2, 0.25) is 5.02 Å². The number of hydrogen-bond acceptors (Lipinski definition) is 4. The van der Waals surface area contributed by atoms with E-state index >= 15 is 0 Å². The molecule has 3 aromatic rings. The van der Waals surface area contributed by atoms with Gasteiger partial charge in [0.15, 0.2) is 0 Å². The molecule has 2 amide bonds. The molecule has 1 aromatic heterocycles. The summed E-state index contributed by atoms with van der Waals surface area (Å²) in [7, 11) is 0. The highest BCUT2D eigenvalue weighted by molar-refractivity contribution is 6.33. The van der Waals surface area contributed by atoms with Crippen LogP contribution in [0.3, 0.4) is 0 Å². The van der Waals surface area contributed by atoms with Crippen LogP contribution in [0.15, 0.2) is 71.2 Å². The molecular formula is C27H28ClN3O3. The van der Waals surface area contributed by atoms with E-state index in [1.165, 1.54) is 6.08 Å². The summed E-state index contributed by atoms with van der Waals surface area (Å²) < 4.78 is 5.79. The van der Waals surface area contributed by atoms with Crippen LogP contribution in [0.4, 0.5) is 11.4 Å². The van der Waals surface area contributed by atoms with Crippen LogP contribution in [-0.4, -0.2) is 42.9 Å². The highest BCUT2D eigenvalue weighted by Crippen LogP contribution is 2.30. The Morgan fingerprint density at radius 1 is 1.03 bits per heavy atom. The number of nitrogens with zero attached hydrogens (tertiary/aromatic N) is 2. The van der Waals surface area contributed by atoms with Gasteiger partial charge in [-0.2, -0.15) is 0 Å².